The Labute approximate surface area is 60.8 Å². The molecule has 0 aromatic rings. The Hall–Kier alpha value is -0.0431. The Morgan fingerprint density at radius 3 is 2.78 bits per heavy atom. The molecule has 0 fully saturated rings. The van der Waals surface area contributed by atoms with Crippen LogP contribution >= 0.6 is 0 Å². The minimum absolute atomic E-state index is 1.31. The van der Waals surface area contributed by atoms with E-state index in [0.29, 0.717) is 0 Å². The summed E-state index contributed by atoms with van der Waals surface area (Å²) in [6.45, 7) is 0. The van der Waals surface area contributed by atoms with E-state index in [4.69, 9.17) is 0 Å². The molecule has 0 amide bonds. The highest BCUT2D eigenvalue weighted by molar-refractivity contribution is 6.21. The molecule has 0 nitrogen and oxygen atoms in total. The lowest BCUT2D eigenvalue weighted by molar-refractivity contribution is 0.634. The van der Waals surface area contributed by atoms with E-state index in [1.165, 1.54) is 48.8 Å². The first-order chi connectivity index (χ1) is 4.39. The van der Waals surface area contributed by atoms with Gasteiger partial charge in [-0.2, -0.15) is 0 Å². The molecule has 0 saturated heterocycles. The van der Waals surface area contributed by atoms with E-state index in [1.807, 2.05) is 0 Å². The molecule has 0 aliphatic heterocycles. The molecule has 0 unspecified atom stereocenters. The second kappa shape index (κ2) is 3.88. The Balaban J connectivity index is 2.32. The van der Waals surface area contributed by atoms with Crippen LogP contribution in [0.5, 0.6) is 0 Å². The van der Waals surface area contributed by atoms with Gasteiger partial charge in [0.15, 0.2) is 0 Å². The Bertz CT molecular complexity index is 105. The average molecular weight is 140 g/mol. The normalized spacial score (nSPS) is 22.4. The molecule has 1 aliphatic rings. The molecule has 0 N–H and O–H groups in total. The second-order valence-electron chi connectivity index (χ2n) is 3.00. The van der Waals surface area contributed by atoms with Crippen LogP contribution < -0.4 is 0 Å². The van der Waals surface area contributed by atoms with Crippen LogP contribution in [0, 0.1) is 0 Å². The fraction of sp³-hybridized carbons (Fsp3) is 0.750. The van der Waals surface area contributed by atoms with E-state index in [1.54, 1.807) is 5.20 Å². The van der Waals surface area contributed by atoms with Crippen LogP contribution in [-0.4, -0.2) is 10.2 Å². The lowest BCUT2D eigenvalue weighted by Gasteiger charge is -2.05. The summed E-state index contributed by atoms with van der Waals surface area (Å²) in [7, 11) is 1.31. The third kappa shape index (κ3) is 2.85. The van der Waals surface area contributed by atoms with Gasteiger partial charge in [0.25, 0.3) is 0 Å². The van der Waals surface area contributed by atoms with Crippen molar-refractivity contribution in [1.29, 1.82) is 0 Å². The highest BCUT2D eigenvalue weighted by atomic mass is 28.1. The summed E-state index contributed by atoms with van der Waals surface area (Å²) in [5, 5.41) is 1.75. The van der Waals surface area contributed by atoms with E-state index in [0.717, 1.165) is 0 Å². The van der Waals surface area contributed by atoms with Gasteiger partial charge < -0.3 is 0 Å². The van der Waals surface area contributed by atoms with Crippen molar-refractivity contribution in [2.75, 3.05) is 0 Å². The molecule has 0 spiro atoms. The fourth-order valence-corrected chi connectivity index (χ4v) is 1.99. The smallest absolute Gasteiger partial charge is 0.0328 e. The van der Waals surface area contributed by atoms with E-state index in [2.05, 4.69) is 6.08 Å². The molecular weight excluding hydrogens is 124 g/mol. The predicted octanol–water partition coefficient (Wildman–Crippen LogP) is 1.59. The van der Waals surface area contributed by atoms with Gasteiger partial charge in [0.05, 0.1) is 0 Å². The van der Waals surface area contributed by atoms with Crippen LogP contribution in [0.3, 0.4) is 0 Å². The van der Waals surface area contributed by atoms with Crippen molar-refractivity contribution in [3.63, 3.8) is 0 Å². The van der Waals surface area contributed by atoms with E-state index in [9.17, 15) is 0 Å². The van der Waals surface area contributed by atoms with Gasteiger partial charge in [0, 0.05) is 10.2 Å². The molecule has 0 radical (unpaired) electrons. The van der Waals surface area contributed by atoms with E-state index in [-0.39, 0.29) is 0 Å². The van der Waals surface area contributed by atoms with Gasteiger partial charge in [0.2, 0.25) is 0 Å². The van der Waals surface area contributed by atoms with Crippen molar-refractivity contribution in [2.45, 2.75) is 38.5 Å². The van der Waals surface area contributed by atoms with E-state index >= 15 is 0 Å². The van der Waals surface area contributed by atoms with Crippen molar-refractivity contribution in [3.05, 3.63) is 11.3 Å². The monoisotopic (exact) mass is 140 g/mol. The minimum Gasteiger partial charge on any atom is -0.0957 e. The average Bonchev–Trinajstić information content (AvgIpc) is 1.79. The summed E-state index contributed by atoms with van der Waals surface area (Å²) in [6.07, 6.45) is 11.1. The van der Waals surface area contributed by atoms with Gasteiger partial charge in [-0.3, -0.25) is 0 Å². The standard InChI is InChI=1S/C8H16Si/c9-8-6-4-2-1-3-5-7-8/h6H,1-5,7H2,9H3. The molecule has 1 heteroatoms. The summed E-state index contributed by atoms with van der Waals surface area (Å²) < 4.78 is 0. The first-order valence-corrected chi connectivity index (χ1v) is 5.05. The molecule has 1 aliphatic carbocycles. The maximum absolute atomic E-state index is 2.46. The number of allylic oxidation sites excluding steroid dienone is 2. The molecule has 0 heterocycles. The zero-order valence-electron chi connectivity index (χ0n) is 6.32. The number of rotatable bonds is 0. The molecule has 0 aromatic heterocycles. The highest BCUT2D eigenvalue weighted by Crippen LogP contribution is 2.14. The summed E-state index contributed by atoms with van der Waals surface area (Å²) in [5.41, 5.74) is 0. The molecule has 52 valence electrons. The fourth-order valence-electron chi connectivity index (χ4n) is 1.35. The highest BCUT2D eigenvalue weighted by Gasteiger charge is 1.95. The van der Waals surface area contributed by atoms with Crippen molar-refractivity contribution in [2.24, 2.45) is 0 Å². The zero-order valence-corrected chi connectivity index (χ0v) is 8.32. The van der Waals surface area contributed by atoms with Crippen molar-refractivity contribution < 1.29 is 0 Å². The van der Waals surface area contributed by atoms with Crippen LogP contribution in [0.4, 0.5) is 0 Å². The van der Waals surface area contributed by atoms with Gasteiger partial charge in [-0.05, 0) is 25.7 Å². The van der Waals surface area contributed by atoms with Crippen LogP contribution in [0.2, 0.25) is 0 Å². The maximum Gasteiger partial charge on any atom is 0.0328 e. The van der Waals surface area contributed by atoms with Crippen molar-refractivity contribution in [1.82, 2.24) is 0 Å². The zero-order chi connectivity index (χ0) is 6.53. The summed E-state index contributed by atoms with van der Waals surface area (Å²) in [6, 6.07) is 0. The SMILES string of the molecule is [SiH3]C1=CCCCCCC1. The van der Waals surface area contributed by atoms with Crippen molar-refractivity contribution >= 4 is 10.2 Å². The van der Waals surface area contributed by atoms with Crippen molar-refractivity contribution in [3.8, 4) is 0 Å². The quantitative estimate of drug-likeness (QED) is 0.448. The lowest BCUT2D eigenvalue weighted by Crippen LogP contribution is -1.88. The van der Waals surface area contributed by atoms with Crippen LogP contribution in [0.15, 0.2) is 11.3 Å². The first kappa shape index (κ1) is 7.07. The number of hydrogen-bond acceptors (Lipinski definition) is 0. The summed E-state index contributed by atoms with van der Waals surface area (Å²) in [4.78, 5) is 0. The third-order valence-corrected chi connectivity index (χ3v) is 2.93. The second-order valence-corrected chi connectivity index (χ2v) is 4.29. The topological polar surface area (TPSA) is 0 Å². The van der Waals surface area contributed by atoms with Gasteiger partial charge in [-0.15, -0.1) is 0 Å². The van der Waals surface area contributed by atoms with Gasteiger partial charge in [0.1, 0.15) is 0 Å². The molecule has 0 atom stereocenters. The third-order valence-electron chi connectivity index (χ3n) is 2.02. The molecule has 9 heavy (non-hydrogen) atoms. The predicted molar refractivity (Wildman–Crippen MR) is 45.7 cm³/mol. The lowest BCUT2D eigenvalue weighted by atomic mass is 10.1. The van der Waals surface area contributed by atoms with Gasteiger partial charge >= 0.3 is 0 Å². The Kier molecular flexibility index (Phi) is 3.05. The first-order valence-electron chi connectivity index (χ1n) is 4.05. The summed E-state index contributed by atoms with van der Waals surface area (Å²) >= 11 is 0. The maximum atomic E-state index is 2.46. The van der Waals surface area contributed by atoms with Crippen LogP contribution in [0.1, 0.15) is 38.5 Å². The Morgan fingerprint density at radius 2 is 1.89 bits per heavy atom. The molecular formula is C8H16Si. The molecule has 0 saturated carbocycles. The summed E-state index contributed by atoms with van der Waals surface area (Å²) in [5.74, 6) is 0. The Morgan fingerprint density at radius 1 is 1.11 bits per heavy atom. The van der Waals surface area contributed by atoms with Gasteiger partial charge in [-0.1, -0.05) is 24.1 Å². The minimum atomic E-state index is 1.31. The molecule has 1 rings (SSSR count). The van der Waals surface area contributed by atoms with Gasteiger partial charge in [-0.25, -0.2) is 0 Å². The number of hydrogen-bond donors (Lipinski definition) is 0. The largest absolute Gasteiger partial charge is 0.0957 e. The van der Waals surface area contributed by atoms with Crippen LogP contribution in [-0.2, 0) is 0 Å². The van der Waals surface area contributed by atoms with E-state index < -0.39 is 0 Å². The molecule has 0 bridgehead atoms. The van der Waals surface area contributed by atoms with Crippen LogP contribution in [0.25, 0.3) is 0 Å². The molecule has 0 aromatic carbocycles.